The largest absolute Gasteiger partial charge is 0.481 e. The number of hydrogen-bond donors (Lipinski definition) is 1. The van der Waals surface area contributed by atoms with Gasteiger partial charge in [0.15, 0.2) is 0 Å². The molecular formula is C16H32O2. The highest BCUT2D eigenvalue weighted by Gasteiger charge is 2.09. The Hall–Kier alpha value is -0.530. The molecule has 0 aromatic heterocycles. The SMILES string of the molecule is CCCCCCC(C)CCCCCC(C)C(=O)O. The maximum absolute atomic E-state index is 10.6. The summed E-state index contributed by atoms with van der Waals surface area (Å²) in [7, 11) is 0. The first-order valence-corrected chi connectivity index (χ1v) is 7.80. The number of unbranched alkanes of at least 4 members (excludes halogenated alkanes) is 5. The van der Waals surface area contributed by atoms with E-state index in [2.05, 4.69) is 13.8 Å². The molecule has 108 valence electrons. The summed E-state index contributed by atoms with van der Waals surface area (Å²) in [4.78, 5) is 10.6. The van der Waals surface area contributed by atoms with Crippen molar-refractivity contribution in [2.24, 2.45) is 11.8 Å². The van der Waals surface area contributed by atoms with Crippen LogP contribution in [0.1, 0.15) is 85.0 Å². The molecule has 0 spiro atoms. The van der Waals surface area contributed by atoms with Crippen LogP contribution in [0.2, 0.25) is 0 Å². The second kappa shape index (κ2) is 11.6. The highest BCUT2D eigenvalue weighted by molar-refractivity contribution is 5.69. The summed E-state index contributed by atoms with van der Waals surface area (Å²) < 4.78 is 0. The van der Waals surface area contributed by atoms with Crippen LogP contribution >= 0.6 is 0 Å². The van der Waals surface area contributed by atoms with Crippen LogP contribution in [0, 0.1) is 11.8 Å². The summed E-state index contributed by atoms with van der Waals surface area (Å²) >= 11 is 0. The monoisotopic (exact) mass is 256 g/mol. The van der Waals surface area contributed by atoms with Gasteiger partial charge in [0.05, 0.1) is 5.92 Å². The summed E-state index contributed by atoms with van der Waals surface area (Å²) in [6.45, 7) is 6.41. The topological polar surface area (TPSA) is 37.3 Å². The normalized spacial score (nSPS) is 14.4. The Labute approximate surface area is 113 Å². The Kier molecular flexibility index (Phi) is 11.2. The molecule has 2 atom stereocenters. The Morgan fingerprint density at radius 2 is 1.39 bits per heavy atom. The minimum atomic E-state index is -0.653. The third kappa shape index (κ3) is 10.6. The molecule has 0 aromatic carbocycles. The van der Waals surface area contributed by atoms with Gasteiger partial charge in [0.2, 0.25) is 0 Å². The van der Waals surface area contributed by atoms with E-state index in [0.29, 0.717) is 0 Å². The van der Waals surface area contributed by atoms with Gasteiger partial charge in [0.1, 0.15) is 0 Å². The molecule has 0 aromatic rings. The van der Waals surface area contributed by atoms with Crippen LogP contribution in [0.25, 0.3) is 0 Å². The third-order valence-electron chi connectivity index (χ3n) is 3.81. The minimum absolute atomic E-state index is 0.170. The van der Waals surface area contributed by atoms with Crippen LogP contribution in [-0.4, -0.2) is 11.1 Å². The molecule has 0 saturated carbocycles. The van der Waals surface area contributed by atoms with Crippen molar-refractivity contribution in [3.05, 3.63) is 0 Å². The molecule has 0 radical (unpaired) electrons. The van der Waals surface area contributed by atoms with E-state index in [9.17, 15) is 4.79 Å². The Morgan fingerprint density at radius 3 is 1.89 bits per heavy atom. The fourth-order valence-corrected chi connectivity index (χ4v) is 2.31. The lowest BCUT2D eigenvalue weighted by molar-refractivity contribution is -0.141. The van der Waals surface area contributed by atoms with Crippen LogP contribution in [0.5, 0.6) is 0 Å². The second-order valence-corrected chi connectivity index (χ2v) is 5.83. The zero-order valence-electron chi connectivity index (χ0n) is 12.6. The van der Waals surface area contributed by atoms with Crippen LogP contribution in [0.4, 0.5) is 0 Å². The summed E-state index contributed by atoms with van der Waals surface area (Å²) in [6, 6.07) is 0. The van der Waals surface area contributed by atoms with Gasteiger partial charge in [-0.2, -0.15) is 0 Å². The molecule has 0 fully saturated rings. The first-order chi connectivity index (χ1) is 8.57. The first kappa shape index (κ1) is 17.5. The van der Waals surface area contributed by atoms with Crippen molar-refractivity contribution in [1.82, 2.24) is 0 Å². The van der Waals surface area contributed by atoms with E-state index in [1.54, 1.807) is 6.92 Å². The van der Waals surface area contributed by atoms with E-state index < -0.39 is 5.97 Å². The van der Waals surface area contributed by atoms with Gasteiger partial charge < -0.3 is 5.11 Å². The first-order valence-electron chi connectivity index (χ1n) is 7.80. The highest BCUT2D eigenvalue weighted by atomic mass is 16.4. The fraction of sp³-hybridized carbons (Fsp3) is 0.938. The molecule has 0 saturated heterocycles. The highest BCUT2D eigenvalue weighted by Crippen LogP contribution is 2.18. The van der Waals surface area contributed by atoms with Gasteiger partial charge in [-0.15, -0.1) is 0 Å². The van der Waals surface area contributed by atoms with Crippen molar-refractivity contribution < 1.29 is 9.90 Å². The standard InChI is InChI=1S/C16H32O2/c1-4-5-6-8-11-14(2)12-9-7-10-13-15(3)16(17)18/h14-15H,4-13H2,1-3H3,(H,17,18). The summed E-state index contributed by atoms with van der Waals surface area (Å²) in [5, 5.41) is 8.77. The quantitative estimate of drug-likeness (QED) is 0.483. The van der Waals surface area contributed by atoms with Crippen molar-refractivity contribution in [3.63, 3.8) is 0 Å². The molecule has 0 aliphatic heterocycles. The molecule has 2 heteroatoms. The van der Waals surface area contributed by atoms with Gasteiger partial charge in [0.25, 0.3) is 0 Å². The molecule has 0 bridgehead atoms. The van der Waals surface area contributed by atoms with Crippen molar-refractivity contribution in [3.8, 4) is 0 Å². The smallest absolute Gasteiger partial charge is 0.306 e. The lowest BCUT2D eigenvalue weighted by Gasteiger charge is -2.11. The van der Waals surface area contributed by atoms with Gasteiger partial charge >= 0.3 is 5.97 Å². The minimum Gasteiger partial charge on any atom is -0.481 e. The third-order valence-corrected chi connectivity index (χ3v) is 3.81. The number of carboxylic acid groups (broad SMARTS) is 1. The van der Waals surface area contributed by atoms with Crippen molar-refractivity contribution in [2.75, 3.05) is 0 Å². The van der Waals surface area contributed by atoms with Gasteiger partial charge in [0, 0.05) is 0 Å². The van der Waals surface area contributed by atoms with E-state index in [-0.39, 0.29) is 5.92 Å². The average molecular weight is 256 g/mol. The lowest BCUT2D eigenvalue weighted by atomic mass is 9.95. The van der Waals surface area contributed by atoms with E-state index in [1.165, 1.54) is 51.4 Å². The van der Waals surface area contributed by atoms with Crippen molar-refractivity contribution in [1.29, 1.82) is 0 Å². The van der Waals surface area contributed by atoms with E-state index >= 15 is 0 Å². The molecule has 18 heavy (non-hydrogen) atoms. The predicted molar refractivity (Wildman–Crippen MR) is 77.8 cm³/mol. The summed E-state index contributed by atoms with van der Waals surface area (Å²) in [5.74, 6) is 0.0227. The van der Waals surface area contributed by atoms with Crippen LogP contribution in [0.3, 0.4) is 0 Å². The molecule has 0 amide bonds. The molecule has 0 heterocycles. The molecule has 1 N–H and O–H groups in total. The van der Waals surface area contributed by atoms with Gasteiger partial charge in [-0.25, -0.2) is 0 Å². The van der Waals surface area contributed by atoms with Gasteiger partial charge in [-0.1, -0.05) is 78.6 Å². The Morgan fingerprint density at radius 1 is 0.889 bits per heavy atom. The van der Waals surface area contributed by atoms with E-state index in [4.69, 9.17) is 5.11 Å². The summed E-state index contributed by atoms with van der Waals surface area (Å²) in [6.07, 6.45) is 12.5. The zero-order chi connectivity index (χ0) is 13.8. The molecular weight excluding hydrogens is 224 g/mol. The molecule has 2 unspecified atom stereocenters. The van der Waals surface area contributed by atoms with Gasteiger partial charge in [-0.05, 0) is 12.3 Å². The van der Waals surface area contributed by atoms with E-state index in [0.717, 1.165) is 18.8 Å². The number of rotatable bonds is 12. The molecule has 0 rings (SSSR count). The number of carbonyl (C=O) groups is 1. The fourth-order valence-electron chi connectivity index (χ4n) is 2.31. The lowest BCUT2D eigenvalue weighted by Crippen LogP contribution is -2.08. The van der Waals surface area contributed by atoms with Crippen LogP contribution in [-0.2, 0) is 4.79 Å². The van der Waals surface area contributed by atoms with Crippen LogP contribution in [0.15, 0.2) is 0 Å². The molecule has 2 nitrogen and oxygen atoms in total. The second-order valence-electron chi connectivity index (χ2n) is 5.83. The summed E-state index contributed by atoms with van der Waals surface area (Å²) in [5.41, 5.74) is 0. The Bertz CT molecular complexity index is 201. The zero-order valence-corrected chi connectivity index (χ0v) is 12.6. The maximum Gasteiger partial charge on any atom is 0.306 e. The number of carboxylic acids is 1. The van der Waals surface area contributed by atoms with Crippen molar-refractivity contribution in [2.45, 2.75) is 85.0 Å². The average Bonchev–Trinajstić information content (AvgIpc) is 2.33. The Balaban J connectivity index is 3.29. The van der Waals surface area contributed by atoms with E-state index in [1.807, 2.05) is 0 Å². The van der Waals surface area contributed by atoms with Crippen molar-refractivity contribution >= 4 is 5.97 Å². The van der Waals surface area contributed by atoms with Gasteiger partial charge in [-0.3, -0.25) is 4.79 Å². The van der Waals surface area contributed by atoms with Crippen LogP contribution < -0.4 is 0 Å². The predicted octanol–water partition coefficient (Wildman–Crippen LogP) is 5.26. The number of aliphatic carboxylic acids is 1. The molecule has 0 aliphatic carbocycles. The number of hydrogen-bond acceptors (Lipinski definition) is 1. The molecule has 0 aliphatic rings. The maximum atomic E-state index is 10.6.